The molecule has 0 bridgehead atoms. The van der Waals surface area contributed by atoms with Gasteiger partial charge < -0.3 is 15.2 Å². The zero-order valence-corrected chi connectivity index (χ0v) is 13.7. The molecule has 0 atom stereocenters. The number of amides is 2. The van der Waals surface area contributed by atoms with Gasteiger partial charge in [-0.15, -0.1) is 0 Å². The van der Waals surface area contributed by atoms with Gasteiger partial charge in [-0.25, -0.2) is 5.43 Å². The quantitative estimate of drug-likeness (QED) is 0.431. The summed E-state index contributed by atoms with van der Waals surface area (Å²) in [4.78, 5) is 21.9. The lowest BCUT2D eigenvalue weighted by molar-refractivity contribution is -0.137. The van der Waals surface area contributed by atoms with Crippen molar-refractivity contribution in [1.29, 1.82) is 0 Å². The van der Waals surface area contributed by atoms with Crippen molar-refractivity contribution in [2.75, 3.05) is 13.2 Å². The van der Waals surface area contributed by atoms with E-state index in [1.807, 2.05) is 13.8 Å². The summed E-state index contributed by atoms with van der Waals surface area (Å²) < 4.78 is 11.3. The number of primary amides is 1. The molecular weight excluding hydrogens is 298 g/mol. The molecule has 3 N–H and O–H groups in total. The predicted octanol–water partition coefficient (Wildman–Crippen LogP) is 1.59. The van der Waals surface area contributed by atoms with Crippen molar-refractivity contribution in [3.05, 3.63) is 23.8 Å². The maximum Gasteiger partial charge on any atom is 0.329 e. The zero-order chi connectivity index (χ0) is 17.2. The van der Waals surface area contributed by atoms with E-state index in [9.17, 15) is 9.59 Å². The largest absolute Gasteiger partial charge is 0.493 e. The zero-order valence-electron chi connectivity index (χ0n) is 13.7. The van der Waals surface area contributed by atoms with Crippen molar-refractivity contribution < 1.29 is 19.1 Å². The Hall–Kier alpha value is -2.57. The van der Waals surface area contributed by atoms with Crippen molar-refractivity contribution in [1.82, 2.24) is 5.43 Å². The highest BCUT2D eigenvalue weighted by Crippen LogP contribution is 2.26. The van der Waals surface area contributed by atoms with Gasteiger partial charge in [-0.2, -0.15) is 5.10 Å². The van der Waals surface area contributed by atoms with E-state index in [4.69, 9.17) is 15.2 Å². The monoisotopic (exact) mass is 321 g/mol. The minimum absolute atomic E-state index is 0.493. The molecule has 7 heteroatoms. The molecule has 0 aliphatic heterocycles. The summed E-state index contributed by atoms with van der Waals surface area (Å²) in [6, 6.07) is 5.39. The lowest BCUT2D eigenvalue weighted by Gasteiger charge is -2.13. The lowest BCUT2D eigenvalue weighted by Crippen LogP contribution is -2.33. The Morgan fingerprint density at radius 2 is 1.83 bits per heavy atom. The van der Waals surface area contributed by atoms with Crippen LogP contribution in [-0.2, 0) is 9.59 Å². The van der Waals surface area contributed by atoms with E-state index in [-0.39, 0.29) is 0 Å². The van der Waals surface area contributed by atoms with Gasteiger partial charge in [0.2, 0.25) is 0 Å². The Bertz CT molecular complexity index is 585. The van der Waals surface area contributed by atoms with Crippen molar-refractivity contribution in [2.24, 2.45) is 10.8 Å². The molecule has 0 saturated heterocycles. The van der Waals surface area contributed by atoms with Crippen LogP contribution in [-0.4, -0.2) is 30.7 Å². The number of hydrogen-bond acceptors (Lipinski definition) is 5. The second-order valence-electron chi connectivity index (χ2n) is 4.86. The maximum atomic E-state index is 11.2. The van der Waals surface area contributed by atoms with E-state index < -0.39 is 11.8 Å². The first kappa shape index (κ1) is 18.5. The lowest BCUT2D eigenvalue weighted by atomic mass is 10.1. The molecule has 126 valence electrons. The van der Waals surface area contributed by atoms with Gasteiger partial charge in [0.25, 0.3) is 0 Å². The van der Waals surface area contributed by atoms with Gasteiger partial charge in [0.05, 0.1) is 18.9 Å². The number of ether oxygens (including phenoxy) is 2. The average molecular weight is 321 g/mol. The molecule has 0 unspecified atom stereocenters. The molecule has 1 aromatic rings. The molecule has 0 saturated carbocycles. The molecule has 0 aliphatic rings. The Morgan fingerprint density at radius 1 is 1.17 bits per heavy atom. The normalized spacial score (nSPS) is 11.0. The number of hydrazone groups is 1. The predicted molar refractivity (Wildman–Crippen MR) is 87.6 cm³/mol. The Morgan fingerprint density at radius 3 is 2.43 bits per heavy atom. The van der Waals surface area contributed by atoms with Gasteiger partial charge in [0.1, 0.15) is 11.5 Å². The van der Waals surface area contributed by atoms with Gasteiger partial charge >= 0.3 is 11.8 Å². The van der Waals surface area contributed by atoms with Crippen molar-refractivity contribution >= 4 is 17.5 Å². The molecular formula is C16H23N3O4. The molecule has 1 aromatic carbocycles. The van der Waals surface area contributed by atoms with Crippen LogP contribution in [0, 0.1) is 0 Å². The van der Waals surface area contributed by atoms with Crippen LogP contribution in [0.2, 0.25) is 0 Å². The van der Waals surface area contributed by atoms with Crippen molar-refractivity contribution in [3.8, 4) is 11.5 Å². The van der Waals surface area contributed by atoms with Crippen molar-refractivity contribution in [2.45, 2.75) is 33.6 Å². The SMILES string of the molecule is CCCOc1ccc(/C(C)=N\NC(=O)C(N)=O)c(OCCC)c1. The number of nitrogens with zero attached hydrogens (tertiary/aromatic N) is 1. The van der Waals surface area contributed by atoms with Gasteiger partial charge in [-0.05, 0) is 31.9 Å². The highest BCUT2D eigenvalue weighted by molar-refractivity contribution is 6.34. The van der Waals surface area contributed by atoms with Crippen LogP contribution < -0.4 is 20.6 Å². The van der Waals surface area contributed by atoms with E-state index in [2.05, 4.69) is 10.5 Å². The second kappa shape index (κ2) is 9.45. The summed E-state index contributed by atoms with van der Waals surface area (Å²) >= 11 is 0. The fourth-order valence-electron chi connectivity index (χ4n) is 1.69. The summed E-state index contributed by atoms with van der Waals surface area (Å²) in [5, 5.41) is 3.87. The molecule has 0 aromatic heterocycles. The highest BCUT2D eigenvalue weighted by atomic mass is 16.5. The van der Waals surface area contributed by atoms with Crippen LogP contribution >= 0.6 is 0 Å². The molecule has 0 spiro atoms. The summed E-state index contributed by atoms with van der Waals surface area (Å²) in [7, 11) is 0. The summed E-state index contributed by atoms with van der Waals surface area (Å²) in [6.07, 6.45) is 1.76. The molecule has 23 heavy (non-hydrogen) atoms. The summed E-state index contributed by atoms with van der Waals surface area (Å²) in [5.74, 6) is -0.749. The molecule has 7 nitrogen and oxygen atoms in total. The molecule has 0 fully saturated rings. The molecule has 1 rings (SSSR count). The number of rotatable bonds is 8. The number of nitrogens with two attached hydrogens (primary N) is 1. The van der Waals surface area contributed by atoms with E-state index in [0.717, 1.165) is 12.8 Å². The van der Waals surface area contributed by atoms with E-state index in [0.29, 0.717) is 36.0 Å². The van der Waals surface area contributed by atoms with Crippen LogP contribution in [0.15, 0.2) is 23.3 Å². The minimum atomic E-state index is -1.09. The first-order valence-electron chi connectivity index (χ1n) is 7.53. The minimum Gasteiger partial charge on any atom is -0.493 e. The smallest absolute Gasteiger partial charge is 0.329 e. The Balaban J connectivity index is 2.99. The number of carbonyl (C=O) groups is 2. The Kier molecular flexibility index (Phi) is 7.59. The first-order valence-corrected chi connectivity index (χ1v) is 7.53. The third-order valence-electron chi connectivity index (χ3n) is 2.83. The van der Waals surface area contributed by atoms with E-state index in [1.54, 1.807) is 25.1 Å². The maximum absolute atomic E-state index is 11.2. The van der Waals surface area contributed by atoms with E-state index in [1.165, 1.54) is 0 Å². The van der Waals surface area contributed by atoms with Crippen LogP contribution in [0.1, 0.15) is 39.2 Å². The summed E-state index contributed by atoms with van der Waals surface area (Å²) in [6.45, 7) is 6.90. The average Bonchev–Trinajstić information content (AvgIpc) is 2.55. The molecule has 0 radical (unpaired) electrons. The van der Waals surface area contributed by atoms with Crippen LogP contribution in [0.25, 0.3) is 0 Å². The topological polar surface area (TPSA) is 103 Å². The van der Waals surface area contributed by atoms with Crippen molar-refractivity contribution in [3.63, 3.8) is 0 Å². The van der Waals surface area contributed by atoms with Gasteiger partial charge in [0.15, 0.2) is 0 Å². The standard InChI is InChI=1S/C16H23N3O4/c1-4-8-22-12-6-7-13(14(10-12)23-9-5-2)11(3)18-19-16(21)15(17)20/h6-7,10H,4-5,8-9H2,1-3H3,(H2,17,20)(H,19,21)/b18-11-. The Labute approximate surface area is 135 Å². The van der Waals surface area contributed by atoms with Gasteiger partial charge in [-0.1, -0.05) is 13.8 Å². The number of carbonyl (C=O) groups excluding carboxylic acids is 2. The second-order valence-corrected chi connectivity index (χ2v) is 4.86. The van der Waals surface area contributed by atoms with Gasteiger partial charge in [-0.3, -0.25) is 9.59 Å². The third-order valence-corrected chi connectivity index (χ3v) is 2.83. The van der Waals surface area contributed by atoms with Crippen LogP contribution in [0.5, 0.6) is 11.5 Å². The fourth-order valence-corrected chi connectivity index (χ4v) is 1.69. The van der Waals surface area contributed by atoms with Crippen LogP contribution in [0.4, 0.5) is 0 Å². The number of benzene rings is 1. The van der Waals surface area contributed by atoms with Crippen LogP contribution in [0.3, 0.4) is 0 Å². The fraction of sp³-hybridized carbons (Fsp3) is 0.438. The first-order chi connectivity index (χ1) is 11.0. The number of hydrogen-bond donors (Lipinski definition) is 2. The highest BCUT2D eigenvalue weighted by Gasteiger charge is 2.11. The number of nitrogens with one attached hydrogen (secondary N) is 1. The molecule has 0 heterocycles. The third kappa shape index (κ3) is 5.98. The van der Waals surface area contributed by atoms with E-state index >= 15 is 0 Å². The van der Waals surface area contributed by atoms with Gasteiger partial charge in [0, 0.05) is 11.6 Å². The molecule has 2 amide bonds. The molecule has 0 aliphatic carbocycles. The summed E-state index contributed by atoms with van der Waals surface area (Å²) in [5.41, 5.74) is 8.16.